The molecule has 0 aliphatic carbocycles. The maximum absolute atomic E-state index is 11.2. The van der Waals surface area contributed by atoms with Crippen LogP contribution in [-0.2, 0) is 9.53 Å². The van der Waals surface area contributed by atoms with Crippen molar-refractivity contribution in [2.75, 3.05) is 6.61 Å². The molecule has 0 amide bonds. The van der Waals surface area contributed by atoms with E-state index in [0.717, 1.165) is 24.8 Å². The molecule has 0 radical (unpaired) electrons. The molecule has 3 nitrogen and oxygen atoms in total. The van der Waals surface area contributed by atoms with Gasteiger partial charge in [0.1, 0.15) is 5.75 Å². The van der Waals surface area contributed by atoms with E-state index in [1.165, 1.54) is 0 Å². The highest BCUT2D eigenvalue weighted by Crippen LogP contribution is 2.24. The summed E-state index contributed by atoms with van der Waals surface area (Å²) in [7, 11) is 0. The number of esters is 1. The van der Waals surface area contributed by atoms with Gasteiger partial charge in [0.15, 0.2) is 0 Å². The third-order valence-electron chi connectivity index (χ3n) is 3.00. The van der Waals surface area contributed by atoms with E-state index in [1.54, 1.807) is 19.1 Å². The number of carbonyl (C=O) groups excluding carboxylic acids is 1. The van der Waals surface area contributed by atoms with E-state index in [2.05, 4.69) is 6.92 Å². The molecule has 0 heterocycles. The molecule has 1 N–H and O–H groups in total. The highest BCUT2D eigenvalue weighted by molar-refractivity contribution is 5.68. The first-order valence-electron chi connectivity index (χ1n) is 6.61. The summed E-state index contributed by atoms with van der Waals surface area (Å²) in [6.07, 6.45) is 3.64. The Kier molecular flexibility index (Phi) is 6.26. The van der Waals surface area contributed by atoms with Crippen molar-refractivity contribution in [3.8, 4) is 5.75 Å². The molecule has 0 bridgehead atoms. The zero-order chi connectivity index (χ0) is 13.4. The van der Waals surface area contributed by atoms with Crippen molar-refractivity contribution in [2.45, 2.75) is 45.4 Å². The number of unbranched alkanes of at least 4 members (excludes halogenated alkanes) is 1. The van der Waals surface area contributed by atoms with Crippen LogP contribution >= 0.6 is 0 Å². The molecule has 3 heteroatoms. The Morgan fingerprint density at radius 3 is 2.50 bits per heavy atom. The first-order chi connectivity index (χ1) is 8.67. The Hall–Kier alpha value is -1.51. The first kappa shape index (κ1) is 14.6. The summed E-state index contributed by atoms with van der Waals surface area (Å²) in [6.45, 7) is 4.37. The molecule has 1 atom stereocenters. The van der Waals surface area contributed by atoms with Crippen LogP contribution in [-0.4, -0.2) is 17.7 Å². The van der Waals surface area contributed by atoms with Crippen LogP contribution in [0.1, 0.15) is 51.0 Å². The monoisotopic (exact) mass is 250 g/mol. The summed E-state index contributed by atoms with van der Waals surface area (Å²) < 4.78 is 5.23. The number of phenols is 1. The minimum absolute atomic E-state index is 0.157. The molecule has 1 unspecified atom stereocenters. The average Bonchev–Trinajstić information content (AvgIpc) is 2.40. The van der Waals surface area contributed by atoms with E-state index in [0.29, 0.717) is 13.0 Å². The van der Waals surface area contributed by atoms with Crippen LogP contribution < -0.4 is 0 Å². The van der Waals surface area contributed by atoms with Crippen LogP contribution in [0.2, 0.25) is 0 Å². The van der Waals surface area contributed by atoms with Gasteiger partial charge in [-0.25, -0.2) is 0 Å². The van der Waals surface area contributed by atoms with E-state index < -0.39 is 0 Å². The number of ether oxygens (including phenoxy) is 1. The summed E-state index contributed by atoms with van der Waals surface area (Å²) >= 11 is 0. The minimum Gasteiger partial charge on any atom is -0.508 e. The predicted octanol–water partition coefficient (Wildman–Crippen LogP) is 3.62. The van der Waals surface area contributed by atoms with Gasteiger partial charge in [-0.15, -0.1) is 0 Å². The third kappa shape index (κ3) is 4.78. The normalized spacial score (nSPS) is 12.1. The van der Waals surface area contributed by atoms with Crippen molar-refractivity contribution in [3.05, 3.63) is 29.8 Å². The van der Waals surface area contributed by atoms with Gasteiger partial charge in [0.25, 0.3) is 0 Å². The molecule has 1 aromatic carbocycles. The van der Waals surface area contributed by atoms with Crippen molar-refractivity contribution >= 4 is 5.97 Å². The second-order valence-electron chi connectivity index (χ2n) is 4.47. The summed E-state index contributed by atoms with van der Waals surface area (Å²) in [6, 6.07) is 7.15. The van der Waals surface area contributed by atoms with Crippen molar-refractivity contribution in [3.63, 3.8) is 0 Å². The van der Waals surface area contributed by atoms with Gasteiger partial charge >= 0.3 is 5.97 Å². The average molecular weight is 250 g/mol. The zero-order valence-corrected chi connectivity index (χ0v) is 11.2. The molecule has 1 aromatic rings. The van der Waals surface area contributed by atoms with Gasteiger partial charge in [0, 0.05) is 12.3 Å². The maximum atomic E-state index is 11.2. The zero-order valence-electron chi connectivity index (χ0n) is 11.2. The number of phenolic OH excluding ortho intramolecular Hbond substituents is 1. The van der Waals surface area contributed by atoms with E-state index in [1.807, 2.05) is 12.1 Å². The van der Waals surface area contributed by atoms with Gasteiger partial charge in [-0.1, -0.05) is 38.8 Å². The molecular weight excluding hydrogens is 228 g/mol. The van der Waals surface area contributed by atoms with Crippen LogP contribution in [0, 0.1) is 0 Å². The van der Waals surface area contributed by atoms with E-state index in [4.69, 9.17) is 4.74 Å². The summed E-state index contributed by atoms with van der Waals surface area (Å²) in [4.78, 5) is 11.2. The summed E-state index contributed by atoms with van der Waals surface area (Å²) in [5.41, 5.74) is 1.12. The van der Waals surface area contributed by atoms with Crippen LogP contribution in [0.5, 0.6) is 5.75 Å². The fraction of sp³-hybridized carbons (Fsp3) is 0.533. The molecule has 0 fully saturated rings. The number of hydrogen-bond acceptors (Lipinski definition) is 3. The highest BCUT2D eigenvalue weighted by atomic mass is 16.5. The summed E-state index contributed by atoms with van der Waals surface area (Å²) in [5.74, 6) is 0.329. The Bertz CT molecular complexity index is 357. The maximum Gasteiger partial charge on any atom is 0.305 e. The van der Waals surface area contributed by atoms with Crippen LogP contribution in [0.4, 0.5) is 0 Å². The van der Waals surface area contributed by atoms with Gasteiger partial charge in [-0.2, -0.15) is 0 Å². The second kappa shape index (κ2) is 7.75. The lowest BCUT2D eigenvalue weighted by Gasteiger charge is -2.17. The van der Waals surface area contributed by atoms with Crippen LogP contribution in [0.15, 0.2) is 24.3 Å². The van der Waals surface area contributed by atoms with Crippen molar-refractivity contribution < 1.29 is 14.6 Å². The summed E-state index contributed by atoms with van der Waals surface area (Å²) in [5, 5.41) is 9.29. The minimum atomic E-state index is -0.157. The quantitative estimate of drug-likeness (QED) is 0.752. The largest absolute Gasteiger partial charge is 0.508 e. The predicted molar refractivity (Wildman–Crippen MR) is 71.6 cm³/mol. The molecule has 0 saturated heterocycles. The lowest BCUT2D eigenvalue weighted by molar-refractivity contribution is -0.143. The standard InChI is InChI=1S/C15H22O3/c1-3-5-6-13(11-18-15(17)4-2)12-7-9-14(16)10-8-12/h7-10,13,16H,3-6,11H2,1-2H3. The Morgan fingerprint density at radius 2 is 1.94 bits per heavy atom. The fourth-order valence-electron chi connectivity index (χ4n) is 1.84. The van der Waals surface area contributed by atoms with E-state index >= 15 is 0 Å². The number of hydrogen-bond donors (Lipinski definition) is 1. The van der Waals surface area contributed by atoms with Gasteiger partial charge in [0.05, 0.1) is 6.61 Å². The molecule has 1 rings (SSSR count). The number of benzene rings is 1. The number of aromatic hydroxyl groups is 1. The van der Waals surface area contributed by atoms with Gasteiger partial charge in [-0.3, -0.25) is 4.79 Å². The molecule has 18 heavy (non-hydrogen) atoms. The second-order valence-corrected chi connectivity index (χ2v) is 4.47. The molecule has 0 aliphatic rings. The Morgan fingerprint density at radius 1 is 1.28 bits per heavy atom. The van der Waals surface area contributed by atoms with Gasteiger partial charge < -0.3 is 9.84 Å². The van der Waals surface area contributed by atoms with E-state index in [9.17, 15) is 9.90 Å². The highest BCUT2D eigenvalue weighted by Gasteiger charge is 2.13. The van der Waals surface area contributed by atoms with Gasteiger partial charge in [-0.05, 0) is 24.1 Å². The van der Waals surface area contributed by atoms with Crippen molar-refractivity contribution in [1.82, 2.24) is 0 Å². The molecule has 0 aliphatic heterocycles. The number of rotatable bonds is 7. The fourth-order valence-corrected chi connectivity index (χ4v) is 1.84. The molecule has 0 aromatic heterocycles. The van der Waals surface area contributed by atoms with Crippen LogP contribution in [0.25, 0.3) is 0 Å². The Balaban J connectivity index is 2.64. The van der Waals surface area contributed by atoms with E-state index in [-0.39, 0.29) is 17.6 Å². The molecule has 100 valence electrons. The topological polar surface area (TPSA) is 46.5 Å². The molecule has 0 spiro atoms. The lowest BCUT2D eigenvalue weighted by Crippen LogP contribution is -2.12. The Labute approximate surface area is 109 Å². The SMILES string of the molecule is CCCCC(COC(=O)CC)c1ccc(O)cc1. The third-order valence-corrected chi connectivity index (χ3v) is 3.00. The molecule has 0 saturated carbocycles. The van der Waals surface area contributed by atoms with Crippen molar-refractivity contribution in [1.29, 1.82) is 0 Å². The van der Waals surface area contributed by atoms with Crippen LogP contribution in [0.3, 0.4) is 0 Å². The molecular formula is C15H22O3. The first-order valence-corrected chi connectivity index (χ1v) is 6.61. The smallest absolute Gasteiger partial charge is 0.305 e. The van der Waals surface area contributed by atoms with Crippen molar-refractivity contribution in [2.24, 2.45) is 0 Å². The number of carbonyl (C=O) groups is 1. The van der Waals surface area contributed by atoms with Gasteiger partial charge in [0.2, 0.25) is 0 Å². The lowest BCUT2D eigenvalue weighted by atomic mass is 9.94.